The average molecular weight is 416 g/mol. The molecule has 0 fully saturated rings. The van der Waals surface area contributed by atoms with Crippen molar-refractivity contribution in [2.24, 2.45) is 0 Å². The van der Waals surface area contributed by atoms with Gasteiger partial charge in [-0.15, -0.1) is 0 Å². The maximum atomic E-state index is 13.0. The fourth-order valence-electron chi connectivity index (χ4n) is 3.83. The summed E-state index contributed by atoms with van der Waals surface area (Å²) in [6.45, 7) is 3.88. The highest BCUT2D eigenvalue weighted by Gasteiger charge is 2.14. The predicted molar refractivity (Wildman–Crippen MR) is 118 cm³/mol. The first-order valence-electron chi connectivity index (χ1n) is 9.29. The van der Waals surface area contributed by atoms with Crippen LogP contribution in [-0.2, 0) is 0 Å². The van der Waals surface area contributed by atoms with Crippen LogP contribution in [0.4, 0.5) is 5.69 Å². The van der Waals surface area contributed by atoms with Crippen LogP contribution in [0.1, 0.15) is 17.0 Å². The zero-order chi connectivity index (χ0) is 21.0. The van der Waals surface area contributed by atoms with Gasteiger partial charge in [0.15, 0.2) is 4.96 Å². The molecule has 3 heterocycles. The van der Waals surface area contributed by atoms with Crippen molar-refractivity contribution in [3.8, 4) is 5.69 Å². The maximum absolute atomic E-state index is 13.0. The molecule has 0 aliphatic rings. The van der Waals surface area contributed by atoms with Crippen LogP contribution in [0.3, 0.4) is 0 Å². The quantitative estimate of drug-likeness (QED) is 0.331. The number of nitro groups is 1. The van der Waals surface area contributed by atoms with Gasteiger partial charge in [0.05, 0.1) is 26.2 Å². The summed E-state index contributed by atoms with van der Waals surface area (Å²) in [5.41, 5.74) is 4.99. The van der Waals surface area contributed by atoms with Gasteiger partial charge in [0.25, 0.3) is 11.2 Å². The third kappa shape index (κ3) is 2.73. The molecule has 2 aromatic carbocycles. The second-order valence-corrected chi connectivity index (χ2v) is 8.08. The van der Waals surface area contributed by atoms with Crippen molar-refractivity contribution in [1.82, 2.24) is 14.0 Å². The Balaban J connectivity index is 1.68. The first kappa shape index (κ1) is 18.3. The Hall–Kier alpha value is -3.78. The molecule has 5 rings (SSSR count). The van der Waals surface area contributed by atoms with Crippen LogP contribution in [0.5, 0.6) is 0 Å². The minimum Gasteiger partial charge on any atom is -0.318 e. The lowest BCUT2D eigenvalue weighted by atomic mass is 10.2. The van der Waals surface area contributed by atoms with Crippen molar-refractivity contribution in [1.29, 1.82) is 0 Å². The highest BCUT2D eigenvalue weighted by atomic mass is 32.1. The number of non-ortho nitro benzene ring substituents is 1. The van der Waals surface area contributed by atoms with E-state index in [1.165, 1.54) is 17.4 Å². The van der Waals surface area contributed by atoms with Gasteiger partial charge in [-0.2, -0.15) is 0 Å². The number of nitro benzene ring substituents is 1. The van der Waals surface area contributed by atoms with Gasteiger partial charge >= 0.3 is 0 Å². The van der Waals surface area contributed by atoms with E-state index in [9.17, 15) is 14.9 Å². The number of imidazole rings is 1. The number of benzene rings is 2. The van der Waals surface area contributed by atoms with Crippen molar-refractivity contribution in [2.45, 2.75) is 13.8 Å². The standard InChI is InChI=1S/C22H16N4O3S/c1-13-10-15(14(2)24(13)16-6-5-7-17(12-16)26(28)29)11-20-21(27)25-19-9-4-3-8-18(19)23-22(25)30-20/h3-12H,1-2H3. The molecule has 8 heteroatoms. The molecule has 0 radical (unpaired) electrons. The van der Waals surface area contributed by atoms with Gasteiger partial charge < -0.3 is 4.57 Å². The largest absolute Gasteiger partial charge is 0.318 e. The molecule has 0 aliphatic heterocycles. The molecule has 0 saturated heterocycles. The van der Waals surface area contributed by atoms with E-state index in [-0.39, 0.29) is 11.2 Å². The summed E-state index contributed by atoms with van der Waals surface area (Å²) in [4.78, 5) is 29.0. The van der Waals surface area contributed by atoms with Gasteiger partial charge in [-0.1, -0.05) is 29.5 Å². The molecular weight excluding hydrogens is 400 g/mol. The van der Waals surface area contributed by atoms with E-state index >= 15 is 0 Å². The summed E-state index contributed by atoms with van der Waals surface area (Å²) in [5, 5.41) is 11.1. The van der Waals surface area contributed by atoms with Gasteiger partial charge in [-0.05, 0) is 49.8 Å². The number of hydrogen-bond donors (Lipinski definition) is 0. The van der Waals surface area contributed by atoms with E-state index < -0.39 is 4.92 Å². The van der Waals surface area contributed by atoms with Crippen LogP contribution < -0.4 is 10.1 Å². The molecule has 0 atom stereocenters. The number of para-hydroxylation sites is 2. The molecular formula is C22H16N4O3S. The second kappa shape index (κ2) is 6.64. The Bertz CT molecular complexity index is 1580. The lowest BCUT2D eigenvalue weighted by molar-refractivity contribution is -0.384. The molecule has 7 nitrogen and oxygen atoms in total. The van der Waals surface area contributed by atoms with Crippen LogP contribution in [0.25, 0.3) is 27.8 Å². The van der Waals surface area contributed by atoms with Crippen LogP contribution >= 0.6 is 11.3 Å². The average Bonchev–Trinajstić information content (AvgIpc) is 3.33. The normalized spacial score (nSPS) is 12.3. The van der Waals surface area contributed by atoms with Gasteiger partial charge in [-0.25, -0.2) is 9.38 Å². The summed E-state index contributed by atoms with van der Waals surface area (Å²) in [7, 11) is 0. The number of aryl methyl sites for hydroxylation is 1. The zero-order valence-electron chi connectivity index (χ0n) is 16.2. The van der Waals surface area contributed by atoms with Crippen LogP contribution in [0.2, 0.25) is 0 Å². The molecule has 0 bridgehead atoms. The van der Waals surface area contributed by atoms with E-state index in [1.807, 2.05) is 60.9 Å². The van der Waals surface area contributed by atoms with Crippen molar-refractivity contribution < 1.29 is 4.92 Å². The minimum absolute atomic E-state index is 0.0405. The number of rotatable bonds is 3. The Kier molecular flexibility index (Phi) is 4.04. The molecule has 0 unspecified atom stereocenters. The summed E-state index contributed by atoms with van der Waals surface area (Å²) < 4.78 is 4.20. The smallest absolute Gasteiger partial charge is 0.274 e. The molecule has 0 N–H and O–H groups in total. The molecule has 0 spiro atoms. The fourth-order valence-corrected chi connectivity index (χ4v) is 4.81. The summed E-state index contributed by atoms with van der Waals surface area (Å²) in [6.07, 6.45) is 1.87. The Morgan fingerprint density at radius 3 is 2.70 bits per heavy atom. The van der Waals surface area contributed by atoms with E-state index in [4.69, 9.17) is 0 Å². The molecule has 5 aromatic rings. The molecule has 0 saturated carbocycles. The second-order valence-electron chi connectivity index (χ2n) is 7.07. The number of nitrogens with zero attached hydrogens (tertiary/aromatic N) is 4. The monoisotopic (exact) mass is 416 g/mol. The van der Waals surface area contributed by atoms with Crippen LogP contribution in [0.15, 0.2) is 59.4 Å². The number of hydrogen-bond acceptors (Lipinski definition) is 5. The van der Waals surface area contributed by atoms with Crippen LogP contribution in [0, 0.1) is 24.0 Å². The first-order valence-corrected chi connectivity index (χ1v) is 10.1. The number of aromatic nitrogens is 3. The molecule has 30 heavy (non-hydrogen) atoms. The number of fused-ring (bicyclic) bond motifs is 3. The van der Waals surface area contributed by atoms with Crippen molar-refractivity contribution >= 4 is 39.1 Å². The third-order valence-electron chi connectivity index (χ3n) is 5.20. The van der Waals surface area contributed by atoms with Gasteiger partial charge in [0, 0.05) is 23.5 Å². The highest BCUT2D eigenvalue weighted by molar-refractivity contribution is 7.15. The maximum Gasteiger partial charge on any atom is 0.274 e. The highest BCUT2D eigenvalue weighted by Crippen LogP contribution is 2.24. The minimum atomic E-state index is -0.403. The van der Waals surface area contributed by atoms with Crippen LogP contribution in [-0.4, -0.2) is 18.9 Å². The summed E-state index contributed by atoms with van der Waals surface area (Å²) >= 11 is 1.36. The molecule has 0 aliphatic carbocycles. The van der Waals surface area contributed by atoms with Crippen molar-refractivity contribution in [2.75, 3.05) is 0 Å². The topological polar surface area (TPSA) is 82.4 Å². The zero-order valence-corrected chi connectivity index (χ0v) is 17.0. The third-order valence-corrected chi connectivity index (χ3v) is 6.17. The molecule has 148 valence electrons. The lowest BCUT2D eigenvalue weighted by Crippen LogP contribution is -2.22. The Labute approximate surface area is 174 Å². The van der Waals surface area contributed by atoms with Gasteiger partial charge in [0.1, 0.15) is 0 Å². The van der Waals surface area contributed by atoms with E-state index in [0.717, 1.165) is 28.0 Å². The van der Waals surface area contributed by atoms with Gasteiger partial charge in [0.2, 0.25) is 0 Å². The summed E-state index contributed by atoms with van der Waals surface area (Å²) in [6, 6.07) is 16.1. The van der Waals surface area contributed by atoms with Crippen molar-refractivity contribution in [3.05, 3.63) is 96.5 Å². The van der Waals surface area contributed by atoms with Gasteiger partial charge in [-0.3, -0.25) is 14.9 Å². The van der Waals surface area contributed by atoms with Crippen molar-refractivity contribution in [3.63, 3.8) is 0 Å². The predicted octanol–water partition coefficient (Wildman–Crippen LogP) is 3.77. The fraction of sp³-hybridized carbons (Fsp3) is 0.0909. The molecule has 3 aromatic heterocycles. The Morgan fingerprint density at radius 1 is 1.10 bits per heavy atom. The van der Waals surface area contributed by atoms with E-state index in [0.29, 0.717) is 15.2 Å². The number of thiazole rings is 1. The first-order chi connectivity index (χ1) is 14.4. The molecule has 0 amide bonds. The van der Waals surface area contributed by atoms with E-state index in [2.05, 4.69) is 4.98 Å². The SMILES string of the molecule is Cc1cc(C=c2sc3nc4ccccc4n3c2=O)c(C)n1-c1cccc([N+](=O)[O-])c1. The van der Waals surface area contributed by atoms with E-state index in [1.54, 1.807) is 16.5 Å². The summed E-state index contributed by atoms with van der Waals surface area (Å²) in [5.74, 6) is 0. The lowest BCUT2D eigenvalue weighted by Gasteiger charge is -2.09. The Morgan fingerprint density at radius 2 is 1.90 bits per heavy atom.